The molecule has 2 heterocycles. The number of para-hydroxylation sites is 2. The van der Waals surface area contributed by atoms with Gasteiger partial charge in [0.15, 0.2) is 5.58 Å². The lowest BCUT2D eigenvalue weighted by Gasteiger charge is -2.27. The Morgan fingerprint density at radius 3 is 1.98 bits per heavy atom. The van der Waals surface area contributed by atoms with Crippen LogP contribution in [0.5, 0.6) is 0 Å². The van der Waals surface area contributed by atoms with Crippen molar-refractivity contribution in [3.8, 4) is 22.6 Å². The number of oxazole rings is 1. The minimum Gasteiger partial charge on any atom is -0.456 e. The first-order valence-corrected chi connectivity index (χ1v) is 16.5. The van der Waals surface area contributed by atoms with E-state index < -0.39 is 0 Å². The Balaban J connectivity index is 1.20. The molecule has 0 aliphatic rings. The largest absolute Gasteiger partial charge is 0.456 e. The van der Waals surface area contributed by atoms with Crippen molar-refractivity contribution in [2.24, 2.45) is 0 Å². The Kier molecular flexibility index (Phi) is 6.15. The lowest BCUT2D eigenvalue weighted by molar-refractivity contribution is 0.623. The van der Waals surface area contributed by atoms with Gasteiger partial charge >= 0.3 is 0 Å². The summed E-state index contributed by atoms with van der Waals surface area (Å²) in [5.41, 5.74) is 9.75. The van der Waals surface area contributed by atoms with Crippen molar-refractivity contribution < 1.29 is 8.83 Å². The molecule has 10 aromatic rings. The number of hydrogen-bond donors (Lipinski definition) is 0. The molecule has 0 spiro atoms. The van der Waals surface area contributed by atoms with Crippen LogP contribution in [0.25, 0.3) is 77.2 Å². The van der Waals surface area contributed by atoms with E-state index in [1.54, 1.807) is 0 Å². The van der Waals surface area contributed by atoms with Crippen LogP contribution in [0.15, 0.2) is 179 Å². The topological polar surface area (TPSA) is 42.4 Å². The van der Waals surface area contributed by atoms with E-state index >= 15 is 0 Å². The minimum atomic E-state index is 0.610. The quantitative estimate of drug-likeness (QED) is 0.178. The van der Waals surface area contributed by atoms with Gasteiger partial charge < -0.3 is 13.7 Å². The van der Waals surface area contributed by atoms with Crippen LogP contribution >= 0.6 is 0 Å². The summed E-state index contributed by atoms with van der Waals surface area (Å²) in [6.07, 6.45) is 0. The number of nitrogens with zero attached hydrogens (tertiary/aromatic N) is 2. The third-order valence-electron chi connectivity index (χ3n) is 9.47. The summed E-state index contributed by atoms with van der Waals surface area (Å²) in [6, 6.07) is 59.1. The zero-order valence-electron chi connectivity index (χ0n) is 26.4. The summed E-state index contributed by atoms with van der Waals surface area (Å²) in [6.45, 7) is 0. The monoisotopic (exact) mass is 628 g/mol. The van der Waals surface area contributed by atoms with Gasteiger partial charge in [0.1, 0.15) is 16.7 Å². The van der Waals surface area contributed by atoms with Gasteiger partial charge in [0.05, 0.1) is 5.69 Å². The Morgan fingerprint density at radius 2 is 1.14 bits per heavy atom. The molecule has 0 saturated heterocycles. The predicted molar refractivity (Wildman–Crippen MR) is 202 cm³/mol. The maximum atomic E-state index is 6.61. The van der Waals surface area contributed by atoms with E-state index in [2.05, 4.69) is 126 Å². The molecule has 0 unspecified atom stereocenters. The molecule has 0 aliphatic heterocycles. The molecular weight excluding hydrogens is 601 g/mol. The Bertz CT molecular complexity index is 2820. The third-order valence-corrected chi connectivity index (χ3v) is 9.47. The predicted octanol–water partition coefficient (Wildman–Crippen LogP) is 12.8. The van der Waals surface area contributed by atoms with Crippen molar-refractivity contribution in [3.63, 3.8) is 0 Å². The normalized spacial score (nSPS) is 11.7. The van der Waals surface area contributed by atoms with Gasteiger partial charge in [-0.1, -0.05) is 115 Å². The zero-order chi connectivity index (χ0) is 32.3. The van der Waals surface area contributed by atoms with Gasteiger partial charge in [-0.15, -0.1) is 0 Å². The number of hydrogen-bond acceptors (Lipinski definition) is 4. The van der Waals surface area contributed by atoms with Crippen molar-refractivity contribution in [2.45, 2.75) is 0 Å². The minimum absolute atomic E-state index is 0.610. The number of rotatable bonds is 5. The van der Waals surface area contributed by atoms with Gasteiger partial charge in [-0.05, 0) is 76.5 Å². The highest BCUT2D eigenvalue weighted by atomic mass is 16.3. The molecule has 230 valence electrons. The lowest BCUT2D eigenvalue weighted by Crippen LogP contribution is -2.10. The van der Waals surface area contributed by atoms with Crippen molar-refractivity contribution in [3.05, 3.63) is 170 Å². The van der Waals surface area contributed by atoms with Crippen LogP contribution in [0, 0.1) is 0 Å². The van der Waals surface area contributed by atoms with Crippen LogP contribution in [-0.2, 0) is 0 Å². The maximum absolute atomic E-state index is 6.61. The van der Waals surface area contributed by atoms with E-state index in [0.717, 1.165) is 88.3 Å². The molecule has 0 radical (unpaired) electrons. The molecule has 0 N–H and O–H groups in total. The van der Waals surface area contributed by atoms with Crippen LogP contribution in [0.1, 0.15) is 0 Å². The highest BCUT2D eigenvalue weighted by Gasteiger charge is 2.22. The Hall–Kier alpha value is -6.65. The van der Waals surface area contributed by atoms with E-state index in [0.29, 0.717) is 5.89 Å². The van der Waals surface area contributed by atoms with E-state index in [-0.39, 0.29) is 0 Å². The number of fused-ring (bicyclic) bond motifs is 8. The molecule has 0 atom stereocenters. The highest BCUT2D eigenvalue weighted by molar-refractivity contribution is 6.22. The molecular formula is C45H28N2O2. The molecule has 49 heavy (non-hydrogen) atoms. The molecule has 0 saturated carbocycles. The number of aromatic nitrogens is 1. The van der Waals surface area contributed by atoms with E-state index in [1.165, 1.54) is 0 Å². The van der Waals surface area contributed by atoms with Crippen molar-refractivity contribution in [2.75, 3.05) is 4.90 Å². The summed E-state index contributed by atoms with van der Waals surface area (Å²) in [4.78, 5) is 7.40. The first-order chi connectivity index (χ1) is 24.3. The van der Waals surface area contributed by atoms with Crippen LogP contribution in [0.4, 0.5) is 17.1 Å². The fraction of sp³-hybridized carbons (Fsp3) is 0. The van der Waals surface area contributed by atoms with Crippen LogP contribution in [0.3, 0.4) is 0 Å². The van der Waals surface area contributed by atoms with Crippen LogP contribution in [0.2, 0.25) is 0 Å². The van der Waals surface area contributed by atoms with Gasteiger partial charge in [0.25, 0.3) is 0 Å². The van der Waals surface area contributed by atoms with Gasteiger partial charge in [0.2, 0.25) is 5.89 Å². The van der Waals surface area contributed by atoms with Crippen molar-refractivity contribution in [1.82, 2.24) is 4.98 Å². The molecule has 10 rings (SSSR count). The second-order valence-electron chi connectivity index (χ2n) is 12.3. The second kappa shape index (κ2) is 11.0. The van der Waals surface area contributed by atoms with E-state index in [9.17, 15) is 0 Å². The number of furan rings is 1. The molecule has 2 aromatic heterocycles. The summed E-state index contributed by atoms with van der Waals surface area (Å²) in [5.74, 6) is 0.610. The molecule has 0 fully saturated rings. The Labute approximate surface area is 282 Å². The standard InChI is InChI=1S/C45H28N2O2/c1-3-13-31(14-4-1)45-46-38-28-39(36-27-24-29-12-7-8-17-35(29)43(36)44(38)49-45)47(32-15-5-2-6-16-32)33-25-22-30(23-26-33)34-19-11-21-41-42(34)37-18-9-10-20-40(37)48-41/h1-28H. The molecule has 0 amide bonds. The lowest BCUT2D eigenvalue weighted by atomic mass is 9.97. The number of benzene rings is 8. The second-order valence-corrected chi connectivity index (χ2v) is 12.3. The highest BCUT2D eigenvalue weighted by Crippen LogP contribution is 2.45. The summed E-state index contributed by atoms with van der Waals surface area (Å²) < 4.78 is 12.8. The van der Waals surface area contributed by atoms with Crippen molar-refractivity contribution in [1.29, 1.82) is 0 Å². The van der Waals surface area contributed by atoms with Crippen molar-refractivity contribution >= 4 is 71.6 Å². The molecule has 4 heteroatoms. The first kappa shape index (κ1) is 27.5. The van der Waals surface area contributed by atoms with Gasteiger partial charge in [0, 0.05) is 38.5 Å². The van der Waals surface area contributed by atoms with Gasteiger partial charge in [-0.3, -0.25) is 0 Å². The van der Waals surface area contributed by atoms with Crippen LogP contribution < -0.4 is 4.90 Å². The summed E-state index contributed by atoms with van der Waals surface area (Å²) in [7, 11) is 0. The zero-order valence-corrected chi connectivity index (χ0v) is 26.4. The summed E-state index contributed by atoms with van der Waals surface area (Å²) >= 11 is 0. The van der Waals surface area contributed by atoms with E-state index in [1.807, 2.05) is 48.5 Å². The average molecular weight is 629 g/mol. The van der Waals surface area contributed by atoms with E-state index in [4.69, 9.17) is 13.8 Å². The number of anilines is 3. The molecule has 0 bridgehead atoms. The fourth-order valence-corrected chi connectivity index (χ4v) is 7.24. The fourth-order valence-electron chi connectivity index (χ4n) is 7.24. The molecule has 0 aliphatic carbocycles. The van der Waals surface area contributed by atoms with Crippen LogP contribution in [-0.4, -0.2) is 4.98 Å². The third kappa shape index (κ3) is 4.42. The SMILES string of the molecule is c1ccc(-c2nc3cc(N(c4ccccc4)c4ccc(-c5cccc6oc7ccccc7c56)cc4)c4ccc5ccccc5c4c3o2)cc1. The first-order valence-electron chi connectivity index (χ1n) is 16.5. The molecule has 8 aromatic carbocycles. The Morgan fingerprint density at radius 1 is 0.449 bits per heavy atom. The smallest absolute Gasteiger partial charge is 0.227 e. The van der Waals surface area contributed by atoms with Gasteiger partial charge in [-0.25, -0.2) is 4.98 Å². The van der Waals surface area contributed by atoms with Gasteiger partial charge in [-0.2, -0.15) is 0 Å². The summed E-state index contributed by atoms with van der Waals surface area (Å²) in [5, 5.41) is 6.68. The maximum Gasteiger partial charge on any atom is 0.227 e. The molecule has 4 nitrogen and oxygen atoms in total. The average Bonchev–Trinajstić information content (AvgIpc) is 3.78.